The molecule has 5 aliphatic heterocycles. The number of morpholine rings is 1. The van der Waals surface area contributed by atoms with Gasteiger partial charge in [0.1, 0.15) is 0 Å². The van der Waals surface area contributed by atoms with Crippen molar-refractivity contribution in [3.05, 3.63) is 0 Å². The maximum Gasteiger partial charge on any atom is 0.303 e. The predicted octanol–water partition coefficient (Wildman–Crippen LogP) is 5.53. The van der Waals surface area contributed by atoms with Gasteiger partial charge in [0.25, 0.3) is 0 Å². The number of aliphatic hydroxyl groups is 1. The second-order valence-corrected chi connectivity index (χ2v) is 22.3. The smallest absolute Gasteiger partial charge is 0.303 e. The SMILES string of the molecule is CC(=O)O[C@@H](C1C[C@@H](C)C2C(C[C@@]3(C)[C@@H]4CCP5C(C)(C)[C@@H](OC6CN(C7CNC7)CCO6)CCC56C[C@@]46CC[C@]23C)O1)C(C)(C)O. The molecule has 6 unspecified atom stereocenters. The summed E-state index contributed by atoms with van der Waals surface area (Å²) in [7, 11) is -0.164. The van der Waals surface area contributed by atoms with Crippen LogP contribution in [0.25, 0.3) is 0 Å². The summed E-state index contributed by atoms with van der Waals surface area (Å²) in [6.07, 6.45) is 10.6. The molecule has 266 valence electrons. The molecule has 0 aromatic rings. The van der Waals surface area contributed by atoms with E-state index in [-0.39, 0.29) is 54.5 Å². The van der Waals surface area contributed by atoms with Crippen molar-refractivity contribution in [3.63, 3.8) is 0 Å². The van der Waals surface area contributed by atoms with Crippen molar-refractivity contribution in [1.29, 1.82) is 0 Å². The molecular weight excluding hydrogens is 611 g/mol. The van der Waals surface area contributed by atoms with Gasteiger partial charge in [-0.1, -0.05) is 42.5 Å². The largest absolute Gasteiger partial charge is 0.457 e. The molecule has 3 aliphatic carbocycles. The van der Waals surface area contributed by atoms with Crippen molar-refractivity contribution in [1.82, 2.24) is 10.2 Å². The number of hydrogen-bond donors (Lipinski definition) is 2. The van der Waals surface area contributed by atoms with Gasteiger partial charge in [-0.05, 0) is 111 Å². The lowest BCUT2D eigenvalue weighted by Gasteiger charge is -2.63. The molecule has 0 bridgehead atoms. The van der Waals surface area contributed by atoms with Gasteiger partial charge in [-0.15, -0.1) is 0 Å². The van der Waals surface area contributed by atoms with Crippen LogP contribution in [-0.2, 0) is 23.7 Å². The Balaban J connectivity index is 1.01. The number of nitrogens with one attached hydrogen (secondary N) is 1. The molecule has 0 aromatic heterocycles. The Hall–Kier alpha value is -0.340. The van der Waals surface area contributed by atoms with E-state index in [1.165, 1.54) is 51.6 Å². The van der Waals surface area contributed by atoms with Crippen LogP contribution in [0.2, 0.25) is 0 Å². The highest BCUT2D eigenvalue weighted by atomic mass is 31.1. The quantitative estimate of drug-likeness (QED) is 0.281. The van der Waals surface area contributed by atoms with E-state index < -0.39 is 11.7 Å². The monoisotopic (exact) mass is 674 g/mol. The summed E-state index contributed by atoms with van der Waals surface area (Å²) in [6.45, 7) is 22.7. The van der Waals surface area contributed by atoms with Crippen molar-refractivity contribution in [3.8, 4) is 0 Å². The van der Waals surface area contributed by atoms with Crippen LogP contribution in [0.5, 0.6) is 0 Å². The number of carbonyl (C=O) groups is 1. The van der Waals surface area contributed by atoms with Gasteiger partial charge < -0.3 is 29.4 Å². The first-order valence-electron chi connectivity index (χ1n) is 19.1. The van der Waals surface area contributed by atoms with Gasteiger partial charge in [0.05, 0.1) is 30.5 Å². The van der Waals surface area contributed by atoms with Gasteiger partial charge in [-0.3, -0.25) is 9.69 Å². The standard InChI is InChI=1S/C38H63N2O6P/c1-23-17-26(32(33(3,4)42)44-24(2)41)45-27-18-36(8)28-10-16-47-34(5,6)29(46-30-21-40(14-15-43-30)25-19-39-20-25)9-11-38(47)22-37(28,38)13-12-35(36,7)31(23)27/h23,25-32,39,42H,9-22H2,1-8H3/t23-,26?,27?,28+,29+,30?,31?,32+,35-,36+,37+,38?,47?/m1/s1. The van der Waals surface area contributed by atoms with Gasteiger partial charge in [0.2, 0.25) is 0 Å². The first-order chi connectivity index (χ1) is 22.1. The zero-order chi connectivity index (χ0) is 33.4. The number of hydrogen-bond acceptors (Lipinski definition) is 8. The van der Waals surface area contributed by atoms with Gasteiger partial charge in [-0.25, -0.2) is 0 Å². The Morgan fingerprint density at radius 2 is 1.87 bits per heavy atom. The predicted molar refractivity (Wildman–Crippen MR) is 184 cm³/mol. The van der Waals surface area contributed by atoms with Gasteiger partial charge in [0, 0.05) is 44.3 Å². The molecule has 5 saturated heterocycles. The van der Waals surface area contributed by atoms with Crippen LogP contribution >= 0.6 is 7.92 Å². The summed E-state index contributed by atoms with van der Waals surface area (Å²) in [6, 6.07) is 0.646. The molecule has 0 amide bonds. The van der Waals surface area contributed by atoms with E-state index in [1.54, 1.807) is 13.8 Å². The Labute approximate surface area is 284 Å². The molecule has 8 rings (SSSR count). The fourth-order valence-corrected chi connectivity index (χ4v) is 18.5. The van der Waals surface area contributed by atoms with Gasteiger partial charge in [0.15, 0.2) is 12.4 Å². The summed E-state index contributed by atoms with van der Waals surface area (Å²) >= 11 is 0. The Bertz CT molecular complexity index is 1250. The van der Waals surface area contributed by atoms with Gasteiger partial charge in [-0.2, -0.15) is 0 Å². The van der Waals surface area contributed by atoms with Crippen molar-refractivity contribution in [2.45, 2.75) is 159 Å². The van der Waals surface area contributed by atoms with Crippen LogP contribution in [0.15, 0.2) is 0 Å². The van der Waals surface area contributed by atoms with Crippen LogP contribution in [0.1, 0.15) is 107 Å². The van der Waals surface area contributed by atoms with Crippen molar-refractivity contribution in [2.75, 3.05) is 38.9 Å². The summed E-state index contributed by atoms with van der Waals surface area (Å²) in [5.74, 6) is 1.35. The molecule has 8 aliphatic rings. The average molecular weight is 675 g/mol. The highest BCUT2D eigenvalue weighted by Gasteiger charge is 2.83. The molecular formula is C38H63N2O6P. The topological polar surface area (TPSA) is 89.5 Å². The molecule has 0 aromatic carbocycles. The summed E-state index contributed by atoms with van der Waals surface area (Å²) < 4.78 is 26.0. The fourth-order valence-electron chi connectivity index (χ4n) is 13.7. The lowest BCUT2D eigenvalue weighted by Crippen LogP contribution is -2.62. The number of rotatable bonds is 6. The highest BCUT2D eigenvalue weighted by molar-refractivity contribution is 7.61. The molecule has 8 fully saturated rings. The van der Waals surface area contributed by atoms with Crippen LogP contribution < -0.4 is 5.32 Å². The van der Waals surface area contributed by atoms with E-state index >= 15 is 0 Å². The van der Waals surface area contributed by atoms with E-state index in [1.807, 2.05) is 0 Å². The third kappa shape index (κ3) is 4.80. The zero-order valence-corrected chi connectivity index (χ0v) is 31.4. The first-order valence-corrected chi connectivity index (χ1v) is 20.6. The Morgan fingerprint density at radius 1 is 1.11 bits per heavy atom. The molecule has 3 saturated carbocycles. The molecule has 47 heavy (non-hydrogen) atoms. The van der Waals surface area contributed by atoms with E-state index in [0.717, 1.165) is 51.5 Å². The lowest BCUT2D eigenvalue weighted by molar-refractivity contribution is -0.215. The zero-order valence-electron chi connectivity index (χ0n) is 30.5. The summed E-state index contributed by atoms with van der Waals surface area (Å²) in [4.78, 5) is 14.7. The molecule has 2 spiro atoms. The van der Waals surface area contributed by atoms with Crippen LogP contribution in [-0.4, -0.2) is 108 Å². The molecule has 5 heterocycles. The van der Waals surface area contributed by atoms with Crippen molar-refractivity contribution < 1.29 is 28.8 Å². The highest BCUT2D eigenvalue weighted by Crippen LogP contribution is 2.92. The summed E-state index contributed by atoms with van der Waals surface area (Å²) in [5, 5.41) is 15.2. The maximum absolute atomic E-state index is 12.1. The van der Waals surface area contributed by atoms with E-state index in [0.29, 0.717) is 28.4 Å². The van der Waals surface area contributed by atoms with Crippen LogP contribution in [0.4, 0.5) is 0 Å². The maximum atomic E-state index is 12.1. The third-order valence-electron chi connectivity index (χ3n) is 16.0. The minimum Gasteiger partial charge on any atom is -0.457 e. The molecule has 8 nitrogen and oxygen atoms in total. The number of esters is 1. The third-order valence-corrected chi connectivity index (χ3v) is 20.3. The van der Waals surface area contributed by atoms with Crippen LogP contribution in [0.3, 0.4) is 0 Å². The Morgan fingerprint density at radius 3 is 2.55 bits per heavy atom. The average Bonchev–Trinajstić information content (AvgIpc) is 3.55. The molecule has 0 radical (unpaired) electrons. The van der Waals surface area contributed by atoms with Crippen molar-refractivity contribution in [2.24, 2.45) is 34.0 Å². The number of carbonyl (C=O) groups excluding carboxylic acids is 1. The minimum absolute atomic E-state index is 0.0952. The second kappa shape index (κ2) is 11.1. The Kier molecular flexibility index (Phi) is 7.96. The first kappa shape index (κ1) is 33.8. The normalized spacial score (nSPS) is 51.3. The number of ether oxygens (including phenoxy) is 4. The summed E-state index contributed by atoms with van der Waals surface area (Å²) in [5.41, 5.74) is -0.206. The molecule has 2 N–H and O–H groups in total. The number of nitrogens with zero attached hydrogens (tertiary/aromatic N) is 1. The van der Waals surface area contributed by atoms with Crippen molar-refractivity contribution >= 4 is 13.9 Å². The van der Waals surface area contributed by atoms with E-state index in [4.69, 9.17) is 18.9 Å². The van der Waals surface area contributed by atoms with E-state index in [2.05, 4.69) is 44.8 Å². The lowest BCUT2D eigenvalue weighted by atomic mass is 9.46. The molecule has 9 heteroatoms. The second-order valence-electron chi connectivity index (χ2n) is 19.0. The minimum atomic E-state index is -1.15. The van der Waals surface area contributed by atoms with Crippen LogP contribution in [0, 0.1) is 34.0 Å². The molecule has 13 atom stereocenters. The fraction of sp³-hybridized carbons (Fsp3) is 0.974. The van der Waals surface area contributed by atoms with E-state index in [9.17, 15) is 9.90 Å². The van der Waals surface area contributed by atoms with Gasteiger partial charge >= 0.3 is 5.97 Å². The number of fused-ring (bicyclic) bond motifs is 4.